The second kappa shape index (κ2) is 7.17. The number of hydrogen-bond donors (Lipinski definition) is 1. The lowest BCUT2D eigenvalue weighted by molar-refractivity contribution is -0.931. The monoisotopic (exact) mass is 400 g/mol. The van der Waals surface area contributed by atoms with E-state index in [1.54, 1.807) is 12.1 Å². The molecule has 0 unspecified atom stereocenters. The number of hydrogen-bond acceptors (Lipinski definition) is 1. The number of fused-ring (bicyclic) bond motifs is 2. The van der Waals surface area contributed by atoms with Crippen molar-refractivity contribution in [2.24, 2.45) is 5.92 Å². The third-order valence-electron chi connectivity index (χ3n) is 7.80. The average molecular weight is 401 g/mol. The van der Waals surface area contributed by atoms with Gasteiger partial charge in [-0.3, -0.25) is 0 Å². The minimum atomic E-state index is -1.41. The molecule has 2 saturated heterocycles. The third kappa shape index (κ3) is 3.51. The van der Waals surface area contributed by atoms with Gasteiger partial charge in [-0.25, -0.2) is 8.78 Å². The molecule has 2 heterocycles. The highest BCUT2D eigenvalue weighted by Crippen LogP contribution is 2.48. The lowest BCUT2D eigenvalue weighted by Crippen LogP contribution is -2.55. The number of piperidine rings is 1. The van der Waals surface area contributed by atoms with E-state index in [4.69, 9.17) is 0 Å². The lowest BCUT2D eigenvalue weighted by atomic mass is 9.73. The van der Waals surface area contributed by atoms with Gasteiger partial charge in [0.1, 0.15) is 17.2 Å². The normalized spacial score (nSPS) is 26.0. The van der Waals surface area contributed by atoms with Gasteiger partial charge in [0.25, 0.3) is 0 Å². The molecule has 4 heteroatoms. The molecule has 4 rings (SSSR count). The molecule has 2 fully saturated rings. The van der Waals surface area contributed by atoms with Gasteiger partial charge in [-0.1, -0.05) is 12.1 Å². The van der Waals surface area contributed by atoms with Crippen LogP contribution in [0.25, 0.3) is 0 Å². The predicted octanol–water partition coefficient (Wildman–Crippen LogP) is 5.23. The Morgan fingerprint density at radius 1 is 0.897 bits per heavy atom. The fourth-order valence-electron chi connectivity index (χ4n) is 6.02. The van der Waals surface area contributed by atoms with E-state index in [1.165, 1.54) is 37.1 Å². The van der Waals surface area contributed by atoms with Crippen LogP contribution in [0.15, 0.2) is 36.4 Å². The molecule has 0 aromatic heterocycles. The summed E-state index contributed by atoms with van der Waals surface area (Å²) in [7, 11) is 4.64. The van der Waals surface area contributed by atoms with Crippen LogP contribution < -0.4 is 0 Å². The Labute approximate surface area is 172 Å². The maximum absolute atomic E-state index is 14.2. The van der Waals surface area contributed by atoms with E-state index in [0.29, 0.717) is 35.5 Å². The minimum absolute atomic E-state index is 0.328. The van der Waals surface area contributed by atoms with Crippen molar-refractivity contribution in [1.29, 1.82) is 0 Å². The first-order valence-corrected chi connectivity index (χ1v) is 10.7. The molecule has 0 spiro atoms. The molecule has 1 N–H and O–H groups in total. The number of aryl methyl sites for hydroxylation is 2. The number of nitrogens with zero attached hydrogens (tertiary/aromatic N) is 1. The second-order valence-corrected chi connectivity index (χ2v) is 9.83. The highest BCUT2D eigenvalue weighted by atomic mass is 19.1. The number of quaternary nitrogens is 1. The Hall–Kier alpha value is -1.78. The first-order valence-electron chi connectivity index (χ1n) is 10.7. The lowest BCUT2D eigenvalue weighted by Gasteiger charge is -2.46. The quantitative estimate of drug-likeness (QED) is 0.697. The Morgan fingerprint density at radius 2 is 1.34 bits per heavy atom. The summed E-state index contributed by atoms with van der Waals surface area (Å²) >= 11 is 0. The van der Waals surface area contributed by atoms with Gasteiger partial charge in [0.2, 0.25) is 0 Å². The third-order valence-corrected chi connectivity index (χ3v) is 7.80. The second-order valence-electron chi connectivity index (χ2n) is 9.83. The van der Waals surface area contributed by atoms with Crippen molar-refractivity contribution in [3.8, 4) is 0 Å². The minimum Gasteiger partial charge on any atom is -0.380 e. The summed E-state index contributed by atoms with van der Waals surface area (Å²) in [6.07, 6.45) is 5.05. The van der Waals surface area contributed by atoms with E-state index in [1.807, 2.05) is 13.8 Å². The van der Waals surface area contributed by atoms with Crippen molar-refractivity contribution in [3.63, 3.8) is 0 Å². The van der Waals surface area contributed by atoms with E-state index in [9.17, 15) is 13.9 Å². The van der Waals surface area contributed by atoms with Crippen molar-refractivity contribution in [2.45, 2.75) is 63.6 Å². The SMILES string of the molecule is Cc1ccc(F)cc1C(O)(CC1C[C@@H]2CC[C@@H](C1)[N+]2(C)C)c1cc(F)ccc1C. The molecular weight excluding hydrogens is 368 g/mol. The van der Waals surface area contributed by atoms with Crippen molar-refractivity contribution in [3.05, 3.63) is 70.3 Å². The van der Waals surface area contributed by atoms with E-state index < -0.39 is 5.60 Å². The summed E-state index contributed by atoms with van der Waals surface area (Å²) in [5.74, 6) is -0.423. The molecule has 2 aromatic rings. The van der Waals surface area contributed by atoms with Crippen molar-refractivity contribution < 1.29 is 18.4 Å². The van der Waals surface area contributed by atoms with Crippen LogP contribution in [0, 0.1) is 31.4 Å². The van der Waals surface area contributed by atoms with Gasteiger partial charge in [-0.2, -0.15) is 0 Å². The largest absolute Gasteiger partial charge is 0.380 e. The topological polar surface area (TPSA) is 20.2 Å². The number of benzene rings is 2. The molecule has 156 valence electrons. The smallest absolute Gasteiger partial charge is 0.123 e. The molecule has 2 aliphatic rings. The zero-order chi connectivity index (χ0) is 21.0. The van der Waals surface area contributed by atoms with Gasteiger partial charge in [0, 0.05) is 25.7 Å². The van der Waals surface area contributed by atoms with E-state index in [0.717, 1.165) is 28.5 Å². The maximum atomic E-state index is 14.2. The number of rotatable bonds is 4. The fraction of sp³-hybridized carbons (Fsp3) is 0.520. The van der Waals surface area contributed by atoms with E-state index in [-0.39, 0.29) is 11.6 Å². The molecule has 0 aliphatic carbocycles. The van der Waals surface area contributed by atoms with Crippen molar-refractivity contribution in [1.82, 2.24) is 0 Å². The van der Waals surface area contributed by atoms with Crippen LogP contribution in [0.3, 0.4) is 0 Å². The van der Waals surface area contributed by atoms with Gasteiger partial charge >= 0.3 is 0 Å². The summed E-state index contributed by atoms with van der Waals surface area (Å²) in [5, 5.41) is 12.1. The molecule has 2 aliphatic heterocycles. The maximum Gasteiger partial charge on any atom is 0.123 e. The summed E-state index contributed by atoms with van der Waals surface area (Å²) in [6.45, 7) is 3.78. The highest BCUT2D eigenvalue weighted by molar-refractivity contribution is 5.44. The summed E-state index contributed by atoms with van der Waals surface area (Å²) in [6, 6.07) is 10.3. The summed E-state index contributed by atoms with van der Waals surface area (Å²) in [5.41, 5.74) is 1.35. The molecule has 2 bridgehead atoms. The molecule has 2 nitrogen and oxygen atoms in total. The number of halogens is 2. The van der Waals surface area contributed by atoms with Gasteiger partial charge in [0.05, 0.1) is 26.2 Å². The van der Waals surface area contributed by atoms with Gasteiger partial charge < -0.3 is 9.59 Å². The Bertz CT molecular complexity index is 856. The van der Waals surface area contributed by atoms with Crippen LogP contribution >= 0.6 is 0 Å². The van der Waals surface area contributed by atoms with Crippen molar-refractivity contribution >= 4 is 0 Å². The fourth-order valence-corrected chi connectivity index (χ4v) is 6.02. The molecule has 2 aromatic carbocycles. The van der Waals surface area contributed by atoms with Crippen molar-refractivity contribution in [2.75, 3.05) is 14.1 Å². The molecular formula is C25H32F2NO+. The first-order chi connectivity index (χ1) is 13.6. The van der Waals surface area contributed by atoms with Gasteiger partial charge in [-0.05, 0) is 72.7 Å². The Balaban J connectivity index is 1.77. The van der Waals surface area contributed by atoms with Gasteiger partial charge in [-0.15, -0.1) is 0 Å². The van der Waals surface area contributed by atoms with Crippen LogP contribution in [0.1, 0.15) is 54.4 Å². The molecule has 0 amide bonds. The first kappa shape index (κ1) is 20.5. The molecule has 0 radical (unpaired) electrons. The van der Waals surface area contributed by atoms with Crippen LogP contribution in [0.4, 0.5) is 8.78 Å². The predicted molar refractivity (Wildman–Crippen MR) is 112 cm³/mol. The standard InChI is InChI=1S/C25H32F2NO/c1-16-5-7-19(26)13-23(16)25(29,24-14-20(27)8-6-17(24)2)15-18-11-21-9-10-22(12-18)28(21,3)4/h5-8,13-14,18,21-22,29H,9-12,15H2,1-4H3/q+1/t21-,22-/m0/s1. The van der Waals surface area contributed by atoms with Crippen LogP contribution in [-0.2, 0) is 5.60 Å². The zero-order valence-corrected chi connectivity index (χ0v) is 17.9. The molecule has 29 heavy (non-hydrogen) atoms. The van der Waals surface area contributed by atoms with Crippen LogP contribution in [0.2, 0.25) is 0 Å². The molecule has 0 saturated carbocycles. The van der Waals surface area contributed by atoms with Crippen LogP contribution in [-0.4, -0.2) is 35.8 Å². The van der Waals surface area contributed by atoms with E-state index >= 15 is 0 Å². The Morgan fingerprint density at radius 3 is 1.79 bits per heavy atom. The van der Waals surface area contributed by atoms with E-state index in [2.05, 4.69) is 14.1 Å². The van der Waals surface area contributed by atoms with Crippen LogP contribution in [0.5, 0.6) is 0 Å². The molecule has 2 atom stereocenters. The highest BCUT2D eigenvalue weighted by Gasteiger charge is 2.50. The summed E-state index contributed by atoms with van der Waals surface area (Å²) in [4.78, 5) is 0. The van der Waals surface area contributed by atoms with Gasteiger partial charge in [0.15, 0.2) is 0 Å². The zero-order valence-electron chi connectivity index (χ0n) is 17.9. The number of aliphatic hydroxyl groups is 1. The average Bonchev–Trinajstić information content (AvgIpc) is 2.83. The summed E-state index contributed by atoms with van der Waals surface area (Å²) < 4.78 is 29.5. The Kier molecular flexibility index (Phi) is 5.07.